The van der Waals surface area contributed by atoms with Crippen molar-refractivity contribution in [3.63, 3.8) is 0 Å². The molecule has 0 saturated carbocycles. The highest BCUT2D eigenvalue weighted by atomic mass is 32.1. The molecular weight excluding hydrogens is 410 g/mol. The van der Waals surface area contributed by atoms with Gasteiger partial charge in [0.05, 0.1) is 25.7 Å². The fourth-order valence-corrected chi connectivity index (χ4v) is 5.23. The minimum absolute atomic E-state index is 0. The highest BCUT2D eigenvalue weighted by Gasteiger charge is 2.42. The Labute approximate surface area is 189 Å². The summed E-state index contributed by atoms with van der Waals surface area (Å²) in [4.78, 5) is 26.9. The first-order chi connectivity index (χ1) is 15.0. The average Bonchev–Trinajstić information content (AvgIpc) is 3.33. The Hall–Kier alpha value is -2.86. The third-order valence-electron chi connectivity index (χ3n) is 5.64. The lowest BCUT2D eigenvalue weighted by Gasteiger charge is -2.36. The molecule has 0 bridgehead atoms. The lowest BCUT2D eigenvalue weighted by molar-refractivity contribution is -0.136. The molecule has 0 fully saturated rings. The molecule has 2 aliphatic rings. The number of rotatable bonds is 4. The van der Waals surface area contributed by atoms with E-state index in [0.29, 0.717) is 24.0 Å². The van der Waals surface area contributed by atoms with E-state index in [-0.39, 0.29) is 19.0 Å². The standard InChI is InChI=1S/C23H23NO4S.C2H6.H2/c1-13-20(23(26)28-3)22(19-9-6-10-29-19)21-16(24-13)11-14(12-17(21)25)15-7-4-5-8-18(15)27-2;1-2;/h4-10,14,22,24H,11-12H2,1-3H3;1-2H3;1H/t14-,22-;;/m1../s1. The first-order valence-electron chi connectivity index (χ1n) is 10.5. The van der Waals surface area contributed by atoms with Crippen LogP contribution in [0.2, 0.25) is 0 Å². The number of esters is 1. The van der Waals surface area contributed by atoms with Crippen LogP contribution in [0.3, 0.4) is 0 Å². The van der Waals surface area contributed by atoms with Gasteiger partial charge in [0.2, 0.25) is 0 Å². The number of Topliss-reactive ketones (excluding diaryl/α,β-unsaturated/α-hetero) is 1. The van der Waals surface area contributed by atoms with Gasteiger partial charge in [-0.1, -0.05) is 38.1 Å². The number of hydrogen-bond donors (Lipinski definition) is 1. The first-order valence-corrected chi connectivity index (χ1v) is 11.4. The molecule has 166 valence electrons. The highest BCUT2D eigenvalue weighted by molar-refractivity contribution is 7.10. The van der Waals surface area contributed by atoms with Crippen molar-refractivity contribution in [1.29, 1.82) is 0 Å². The molecule has 0 radical (unpaired) electrons. The molecule has 1 aromatic heterocycles. The number of ether oxygens (including phenoxy) is 2. The number of carbonyl (C=O) groups is 2. The maximum atomic E-state index is 13.4. The second-order valence-electron chi connectivity index (χ2n) is 7.27. The quantitative estimate of drug-likeness (QED) is 0.629. The number of hydrogen-bond acceptors (Lipinski definition) is 6. The Morgan fingerprint density at radius 3 is 2.52 bits per heavy atom. The molecule has 5 nitrogen and oxygen atoms in total. The molecule has 2 heterocycles. The van der Waals surface area contributed by atoms with E-state index in [0.717, 1.165) is 27.6 Å². The van der Waals surface area contributed by atoms with Gasteiger partial charge >= 0.3 is 5.97 Å². The summed E-state index contributed by atoms with van der Waals surface area (Å²) in [5.74, 6) is 0.0928. The maximum absolute atomic E-state index is 13.4. The fourth-order valence-electron chi connectivity index (χ4n) is 4.38. The smallest absolute Gasteiger partial charge is 0.336 e. The number of para-hydroxylation sites is 1. The molecular formula is C25H31NO4S. The molecule has 6 heteroatoms. The second-order valence-corrected chi connectivity index (χ2v) is 8.25. The lowest BCUT2D eigenvalue weighted by atomic mass is 9.73. The SMILES string of the molecule is CC.COC(=O)C1=C(C)NC2=C(C(=O)C[C@H](c3ccccc3OC)C2)[C@@H]1c1cccs1.[HH]. The predicted octanol–water partition coefficient (Wildman–Crippen LogP) is 5.56. The van der Waals surface area contributed by atoms with Gasteiger partial charge in [-0.15, -0.1) is 11.3 Å². The van der Waals surface area contributed by atoms with Gasteiger partial charge in [0.1, 0.15) is 5.75 Å². The second kappa shape index (κ2) is 9.96. The van der Waals surface area contributed by atoms with Gasteiger partial charge in [0.15, 0.2) is 5.78 Å². The van der Waals surface area contributed by atoms with Crippen LogP contribution < -0.4 is 10.1 Å². The molecule has 1 aliphatic carbocycles. The van der Waals surface area contributed by atoms with Gasteiger partial charge in [-0.2, -0.15) is 0 Å². The van der Waals surface area contributed by atoms with Crippen molar-refractivity contribution in [3.05, 3.63) is 74.8 Å². The molecule has 4 rings (SSSR count). The van der Waals surface area contributed by atoms with Crippen LogP contribution in [0.1, 0.15) is 57.3 Å². The normalized spacial score (nSPS) is 20.4. The Bertz CT molecular complexity index is 1030. The van der Waals surface area contributed by atoms with Crippen molar-refractivity contribution in [2.75, 3.05) is 14.2 Å². The van der Waals surface area contributed by atoms with Crippen LogP contribution in [0.5, 0.6) is 5.75 Å². The van der Waals surface area contributed by atoms with Gasteiger partial charge < -0.3 is 14.8 Å². The zero-order valence-corrected chi connectivity index (χ0v) is 19.5. The molecule has 1 aliphatic heterocycles. The minimum Gasteiger partial charge on any atom is -0.496 e. The molecule has 31 heavy (non-hydrogen) atoms. The van der Waals surface area contributed by atoms with Crippen molar-refractivity contribution in [2.24, 2.45) is 0 Å². The van der Waals surface area contributed by atoms with Gasteiger partial charge in [0.25, 0.3) is 0 Å². The van der Waals surface area contributed by atoms with Crippen molar-refractivity contribution < 1.29 is 20.5 Å². The highest BCUT2D eigenvalue weighted by Crippen LogP contribution is 2.47. The van der Waals surface area contributed by atoms with Crippen LogP contribution in [0.25, 0.3) is 0 Å². The zero-order chi connectivity index (χ0) is 22.5. The van der Waals surface area contributed by atoms with Crippen molar-refractivity contribution in [1.82, 2.24) is 5.32 Å². The Morgan fingerprint density at radius 2 is 1.87 bits per heavy atom. The van der Waals surface area contributed by atoms with Crippen LogP contribution in [-0.4, -0.2) is 26.0 Å². The van der Waals surface area contributed by atoms with Gasteiger partial charge in [0, 0.05) is 35.6 Å². The van der Waals surface area contributed by atoms with Crippen molar-refractivity contribution in [3.8, 4) is 5.75 Å². The summed E-state index contributed by atoms with van der Waals surface area (Å²) in [5.41, 5.74) is 3.86. The maximum Gasteiger partial charge on any atom is 0.336 e. The number of nitrogens with one attached hydrogen (secondary N) is 1. The van der Waals surface area contributed by atoms with Crippen LogP contribution in [-0.2, 0) is 14.3 Å². The van der Waals surface area contributed by atoms with Crippen LogP contribution in [0, 0.1) is 0 Å². The molecule has 1 aromatic carbocycles. The Morgan fingerprint density at radius 1 is 1.13 bits per heavy atom. The molecule has 2 atom stereocenters. The summed E-state index contributed by atoms with van der Waals surface area (Å²) in [6.45, 7) is 5.87. The topological polar surface area (TPSA) is 64.6 Å². The summed E-state index contributed by atoms with van der Waals surface area (Å²) in [6, 6.07) is 11.8. The van der Waals surface area contributed by atoms with Gasteiger partial charge in [-0.25, -0.2) is 4.79 Å². The number of thiophene rings is 1. The lowest BCUT2D eigenvalue weighted by Crippen LogP contribution is -2.35. The van der Waals surface area contributed by atoms with E-state index in [1.54, 1.807) is 18.4 Å². The van der Waals surface area contributed by atoms with E-state index >= 15 is 0 Å². The Balaban J connectivity index is 0.00000118. The van der Waals surface area contributed by atoms with Crippen molar-refractivity contribution >= 4 is 23.1 Å². The molecule has 0 amide bonds. The number of allylic oxidation sites excluding steroid dienone is 3. The van der Waals surface area contributed by atoms with E-state index in [1.165, 1.54) is 7.11 Å². The summed E-state index contributed by atoms with van der Waals surface area (Å²) in [6.07, 6.45) is 1.07. The third kappa shape index (κ3) is 4.30. The van der Waals surface area contributed by atoms with Crippen molar-refractivity contribution in [2.45, 2.75) is 45.4 Å². The molecule has 0 spiro atoms. The summed E-state index contributed by atoms with van der Waals surface area (Å²) >= 11 is 1.55. The van der Waals surface area contributed by atoms with Crippen LogP contribution in [0.4, 0.5) is 0 Å². The van der Waals surface area contributed by atoms with E-state index < -0.39 is 5.97 Å². The summed E-state index contributed by atoms with van der Waals surface area (Å²) < 4.78 is 10.6. The average molecular weight is 442 g/mol. The third-order valence-corrected chi connectivity index (χ3v) is 6.58. The minimum atomic E-state index is -0.403. The van der Waals surface area contributed by atoms with E-state index in [9.17, 15) is 9.59 Å². The van der Waals surface area contributed by atoms with Crippen LogP contribution in [0.15, 0.2) is 64.3 Å². The first kappa shape index (κ1) is 22.8. The monoisotopic (exact) mass is 441 g/mol. The number of ketones is 1. The number of methoxy groups -OCH3 is 2. The van der Waals surface area contributed by atoms with E-state index in [2.05, 4.69) is 5.32 Å². The van der Waals surface area contributed by atoms with Gasteiger partial charge in [-0.3, -0.25) is 4.79 Å². The fraction of sp³-hybridized carbons (Fsp3) is 0.360. The van der Waals surface area contributed by atoms with E-state index in [1.807, 2.05) is 62.5 Å². The predicted molar refractivity (Wildman–Crippen MR) is 125 cm³/mol. The molecule has 2 aromatic rings. The largest absolute Gasteiger partial charge is 0.496 e. The molecule has 1 N–H and O–H groups in total. The molecule has 0 saturated heterocycles. The number of benzene rings is 1. The summed E-state index contributed by atoms with van der Waals surface area (Å²) in [7, 11) is 3.02. The Kier molecular flexibility index (Phi) is 7.33. The van der Waals surface area contributed by atoms with E-state index in [4.69, 9.17) is 9.47 Å². The number of carbonyl (C=O) groups excluding carboxylic acids is 2. The zero-order valence-electron chi connectivity index (χ0n) is 18.7. The van der Waals surface area contributed by atoms with Gasteiger partial charge in [-0.05, 0) is 36.4 Å². The number of dihydropyridines is 1. The molecule has 0 unspecified atom stereocenters. The summed E-state index contributed by atoms with van der Waals surface area (Å²) in [5, 5.41) is 5.31. The van der Waals surface area contributed by atoms with Crippen LogP contribution >= 0.6 is 11.3 Å².